The van der Waals surface area contributed by atoms with E-state index in [9.17, 15) is 18.0 Å². The highest BCUT2D eigenvalue weighted by atomic mass is 35.5. The summed E-state index contributed by atoms with van der Waals surface area (Å²) in [6.45, 7) is 1.47. The summed E-state index contributed by atoms with van der Waals surface area (Å²) < 4.78 is 43.9. The molecule has 0 aliphatic heterocycles. The van der Waals surface area contributed by atoms with Crippen LogP contribution in [-0.4, -0.2) is 12.0 Å². The van der Waals surface area contributed by atoms with Gasteiger partial charge in [0.25, 0.3) is 5.91 Å². The van der Waals surface area contributed by atoms with Crippen molar-refractivity contribution in [3.8, 4) is 5.75 Å². The molecule has 2 rings (SSSR count). The predicted octanol–water partition coefficient (Wildman–Crippen LogP) is 5.42. The summed E-state index contributed by atoms with van der Waals surface area (Å²) in [7, 11) is 0. The van der Waals surface area contributed by atoms with Crippen molar-refractivity contribution in [3.63, 3.8) is 0 Å². The first kappa shape index (κ1) is 18.4. The van der Waals surface area contributed by atoms with Crippen LogP contribution in [0, 0.1) is 0 Å². The zero-order chi connectivity index (χ0) is 17.9. The maximum atomic E-state index is 12.8. The van der Waals surface area contributed by atoms with Crippen LogP contribution in [0.2, 0.25) is 10.0 Å². The summed E-state index contributed by atoms with van der Waals surface area (Å²) in [5.41, 5.74) is -1.05. The number of hydrogen-bond acceptors (Lipinski definition) is 2. The van der Waals surface area contributed by atoms with Gasteiger partial charge in [0.1, 0.15) is 5.75 Å². The third-order valence-electron chi connectivity index (χ3n) is 3.02. The van der Waals surface area contributed by atoms with Gasteiger partial charge in [-0.3, -0.25) is 4.79 Å². The van der Waals surface area contributed by atoms with E-state index in [1.165, 1.54) is 19.1 Å². The second-order valence-electron chi connectivity index (χ2n) is 4.90. The number of alkyl halides is 3. The van der Waals surface area contributed by atoms with Crippen molar-refractivity contribution in [1.29, 1.82) is 0 Å². The molecule has 1 amide bonds. The van der Waals surface area contributed by atoms with Gasteiger partial charge in [-0.05, 0) is 43.3 Å². The Morgan fingerprint density at radius 2 is 1.88 bits per heavy atom. The lowest BCUT2D eigenvalue weighted by Crippen LogP contribution is -2.30. The molecule has 0 bridgehead atoms. The molecule has 1 atom stereocenters. The fourth-order valence-electron chi connectivity index (χ4n) is 1.86. The standard InChI is InChI=1S/C16H12Cl2F3NO2/c1-9(24-12-4-2-3-10(17)7-12)15(23)22-11-5-6-14(18)13(8-11)16(19,20)21/h2-9H,1H3,(H,22,23). The summed E-state index contributed by atoms with van der Waals surface area (Å²) in [6.07, 6.45) is -5.55. The molecule has 0 heterocycles. The lowest BCUT2D eigenvalue weighted by Gasteiger charge is -2.16. The Balaban J connectivity index is 2.09. The number of amides is 1. The number of nitrogens with one attached hydrogen (secondary N) is 1. The van der Waals surface area contributed by atoms with E-state index in [4.69, 9.17) is 27.9 Å². The van der Waals surface area contributed by atoms with Crippen LogP contribution in [0.4, 0.5) is 18.9 Å². The van der Waals surface area contributed by atoms with E-state index >= 15 is 0 Å². The molecular formula is C16H12Cl2F3NO2. The minimum atomic E-state index is -4.61. The number of rotatable bonds is 4. The number of carbonyl (C=O) groups is 1. The number of halogens is 5. The minimum Gasteiger partial charge on any atom is -0.481 e. The maximum absolute atomic E-state index is 12.8. The van der Waals surface area contributed by atoms with E-state index in [2.05, 4.69) is 5.32 Å². The summed E-state index contributed by atoms with van der Waals surface area (Å²) >= 11 is 11.3. The summed E-state index contributed by atoms with van der Waals surface area (Å²) in [6, 6.07) is 9.55. The van der Waals surface area contributed by atoms with Crippen molar-refractivity contribution in [2.45, 2.75) is 19.2 Å². The number of ether oxygens (including phenoxy) is 1. The minimum absolute atomic E-state index is 0.0294. The van der Waals surface area contributed by atoms with Crippen LogP contribution >= 0.6 is 23.2 Å². The van der Waals surface area contributed by atoms with E-state index in [0.29, 0.717) is 10.8 Å². The highest BCUT2D eigenvalue weighted by Crippen LogP contribution is 2.36. The summed E-state index contributed by atoms with van der Waals surface area (Å²) in [5.74, 6) is -0.234. The van der Waals surface area contributed by atoms with Crippen molar-refractivity contribution in [2.24, 2.45) is 0 Å². The third-order valence-corrected chi connectivity index (χ3v) is 3.58. The average molecular weight is 378 g/mol. The monoisotopic (exact) mass is 377 g/mol. The Hall–Kier alpha value is -1.92. The molecule has 0 fully saturated rings. The fourth-order valence-corrected chi connectivity index (χ4v) is 2.27. The molecule has 2 aromatic rings. The van der Waals surface area contributed by atoms with E-state index in [-0.39, 0.29) is 5.69 Å². The molecule has 0 saturated heterocycles. The van der Waals surface area contributed by atoms with Gasteiger partial charge >= 0.3 is 6.18 Å². The Labute approximate surface area is 146 Å². The van der Waals surface area contributed by atoms with Gasteiger partial charge in [0, 0.05) is 10.7 Å². The molecule has 0 radical (unpaired) electrons. The lowest BCUT2D eigenvalue weighted by atomic mass is 10.2. The Morgan fingerprint density at radius 1 is 1.17 bits per heavy atom. The Bertz CT molecular complexity index is 750. The molecule has 1 unspecified atom stereocenters. The number of hydrogen-bond donors (Lipinski definition) is 1. The molecule has 128 valence electrons. The number of anilines is 1. The predicted molar refractivity (Wildman–Crippen MR) is 86.6 cm³/mol. The van der Waals surface area contributed by atoms with Gasteiger partial charge in [-0.25, -0.2) is 0 Å². The summed E-state index contributed by atoms with van der Waals surface area (Å²) in [4.78, 5) is 12.1. The molecular weight excluding hydrogens is 366 g/mol. The number of benzene rings is 2. The van der Waals surface area contributed by atoms with E-state index in [1.807, 2.05) is 0 Å². The van der Waals surface area contributed by atoms with Gasteiger partial charge in [0.05, 0.1) is 10.6 Å². The van der Waals surface area contributed by atoms with Crippen LogP contribution in [0.25, 0.3) is 0 Å². The summed E-state index contributed by atoms with van der Waals surface area (Å²) in [5, 5.41) is 2.36. The smallest absolute Gasteiger partial charge is 0.417 e. The van der Waals surface area contributed by atoms with E-state index in [1.54, 1.807) is 18.2 Å². The van der Waals surface area contributed by atoms with Crippen molar-refractivity contribution < 1.29 is 22.7 Å². The average Bonchev–Trinajstić information content (AvgIpc) is 2.48. The molecule has 0 aliphatic carbocycles. The molecule has 0 saturated carbocycles. The molecule has 0 aromatic heterocycles. The second kappa shape index (κ2) is 7.32. The van der Waals surface area contributed by atoms with Crippen molar-refractivity contribution in [3.05, 3.63) is 58.1 Å². The quantitative estimate of drug-likeness (QED) is 0.772. The SMILES string of the molecule is CC(Oc1cccc(Cl)c1)C(=O)Nc1ccc(Cl)c(C(F)(F)F)c1. The van der Waals surface area contributed by atoms with Gasteiger partial charge in [0.2, 0.25) is 0 Å². The molecule has 2 aromatic carbocycles. The largest absolute Gasteiger partial charge is 0.481 e. The normalized spacial score (nSPS) is 12.6. The molecule has 1 N–H and O–H groups in total. The van der Waals surface area contributed by atoms with Gasteiger partial charge in [-0.15, -0.1) is 0 Å². The van der Waals surface area contributed by atoms with Crippen LogP contribution in [0.5, 0.6) is 5.75 Å². The molecule has 24 heavy (non-hydrogen) atoms. The second-order valence-corrected chi connectivity index (χ2v) is 5.74. The van der Waals surface area contributed by atoms with Crippen molar-refractivity contribution in [1.82, 2.24) is 0 Å². The molecule has 0 spiro atoms. The molecule has 0 aliphatic rings. The van der Waals surface area contributed by atoms with Crippen LogP contribution in [0.15, 0.2) is 42.5 Å². The van der Waals surface area contributed by atoms with Crippen LogP contribution in [0.3, 0.4) is 0 Å². The van der Waals surface area contributed by atoms with E-state index in [0.717, 1.165) is 12.1 Å². The lowest BCUT2D eigenvalue weighted by molar-refractivity contribution is -0.137. The van der Waals surface area contributed by atoms with Crippen molar-refractivity contribution in [2.75, 3.05) is 5.32 Å². The highest BCUT2D eigenvalue weighted by Gasteiger charge is 2.33. The molecule has 3 nitrogen and oxygen atoms in total. The fraction of sp³-hybridized carbons (Fsp3) is 0.188. The Kier molecular flexibility index (Phi) is 5.62. The maximum Gasteiger partial charge on any atom is 0.417 e. The van der Waals surface area contributed by atoms with Gasteiger partial charge in [-0.2, -0.15) is 13.2 Å². The van der Waals surface area contributed by atoms with Crippen LogP contribution in [0.1, 0.15) is 12.5 Å². The zero-order valence-corrected chi connectivity index (χ0v) is 13.8. The topological polar surface area (TPSA) is 38.3 Å². The molecule has 8 heteroatoms. The van der Waals surface area contributed by atoms with Crippen molar-refractivity contribution >= 4 is 34.8 Å². The zero-order valence-electron chi connectivity index (χ0n) is 12.3. The third kappa shape index (κ3) is 4.79. The Morgan fingerprint density at radius 3 is 2.50 bits per heavy atom. The first-order valence-corrected chi connectivity index (χ1v) is 7.52. The van der Waals surface area contributed by atoms with E-state index < -0.39 is 28.8 Å². The van der Waals surface area contributed by atoms with Crippen LogP contribution < -0.4 is 10.1 Å². The van der Waals surface area contributed by atoms with Gasteiger partial charge in [0.15, 0.2) is 6.10 Å². The van der Waals surface area contributed by atoms with Crippen LogP contribution in [-0.2, 0) is 11.0 Å². The first-order valence-electron chi connectivity index (χ1n) is 6.76. The highest BCUT2D eigenvalue weighted by molar-refractivity contribution is 6.31. The van der Waals surface area contributed by atoms with Gasteiger partial charge < -0.3 is 10.1 Å². The van der Waals surface area contributed by atoms with Gasteiger partial charge in [-0.1, -0.05) is 29.3 Å². The number of carbonyl (C=O) groups excluding carboxylic acids is 1. The first-order chi connectivity index (χ1) is 11.2.